The molecule has 154 valence electrons. The normalized spacial score (nSPS) is 17.1. The van der Waals surface area contributed by atoms with Gasteiger partial charge in [0, 0.05) is 24.8 Å². The van der Waals surface area contributed by atoms with Crippen molar-refractivity contribution in [2.45, 2.75) is 38.1 Å². The lowest BCUT2D eigenvalue weighted by Gasteiger charge is -2.36. The summed E-state index contributed by atoms with van der Waals surface area (Å²) in [5.41, 5.74) is 4.19. The number of carbonyl (C=O) groups is 1. The lowest BCUT2D eigenvalue weighted by atomic mass is 9.91. The molecule has 1 aliphatic heterocycles. The van der Waals surface area contributed by atoms with Crippen LogP contribution in [0.3, 0.4) is 0 Å². The molecule has 0 bridgehead atoms. The highest BCUT2D eigenvalue weighted by molar-refractivity contribution is 6.08. The molecule has 30 heavy (non-hydrogen) atoms. The Labute approximate surface area is 177 Å². The standard InChI is InChI=1S/C26H28N2O2/c1-30-25-17-20-6-3-2-5-19(20)16-24(25)26(29)27-22-10-9-18-11-13-28(23-7-4-8-23)14-12-21(18)15-22/h2-3,5-6,9-10,15-17,23H,4,7-8,11-14H2,1H3,(H,27,29). The van der Waals surface area contributed by atoms with Crippen LogP contribution in [-0.4, -0.2) is 37.0 Å². The van der Waals surface area contributed by atoms with E-state index in [1.54, 1.807) is 7.11 Å². The van der Waals surface area contributed by atoms with Crippen molar-refractivity contribution in [3.63, 3.8) is 0 Å². The van der Waals surface area contributed by atoms with E-state index in [0.717, 1.165) is 48.4 Å². The smallest absolute Gasteiger partial charge is 0.259 e. The van der Waals surface area contributed by atoms with Gasteiger partial charge in [-0.05, 0) is 71.8 Å². The van der Waals surface area contributed by atoms with E-state index in [1.165, 1.54) is 30.4 Å². The van der Waals surface area contributed by atoms with Crippen LogP contribution in [-0.2, 0) is 12.8 Å². The van der Waals surface area contributed by atoms with Crippen LogP contribution < -0.4 is 10.1 Å². The van der Waals surface area contributed by atoms with E-state index in [2.05, 4.69) is 22.3 Å². The lowest BCUT2D eigenvalue weighted by molar-refractivity contribution is 0.102. The first-order chi connectivity index (χ1) is 14.7. The Balaban J connectivity index is 1.36. The molecule has 3 aromatic rings. The number of ether oxygens (including phenoxy) is 1. The van der Waals surface area contributed by atoms with Gasteiger partial charge in [0.1, 0.15) is 5.75 Å². The predicted octanol–water partition coefficient (Wildman–Crippen LogP) is 5.05. The van der Waals surface area contributed by atoms with Gasteiger partial charge < -0.3 is 10.1 Å². The van der Waals surface area contributed by atoms with E-state index >= 15 is 0 Å². The van der Waals surface area contributed by atoms with E-state index in [4.69, 9.17) is 4.74 Å². The Bertz CT molecular complexity index is 1090. The van der Waals surface area contributed by atoms with Crippen molar-refractivity contribution in [2.75, 3.05) is 25.5 Å². The molecule has 0 atom stereocenters. The minimum absolute atomic E-state index is 0.137. The molecule has 0 spiro atoms. The van der Waals surface area contributed by atoms with Gasteiger partial charge in [-0.2, -0.15) is 0 Å². The average molecular weight is 401 g/mol. The SMILES string of the molecule is COc1cc2ccccc2cc1C(=O)Nc1ccc2c(c1)CCN(C1CCC1)CC2. The molecule has 1 saturated carbocycles. The van der Waals surface area contributed by atoms with Crippen molar-refractivity contribution < 1.29 is 9.53 Å². The topological polar surface area (TPSA) is 41.6 Å². The maximum absolute atomic E-state index is 13.1. The summed E-state index contributed by atoms with van der Waals surface area (Å²) in [7, 11) is 1.61. The van der Waals surface area contributed by atoms with Gasteiger partial charge in [-0.1, -0.05) is 36.8 Å². The molecule has 0 radical (unpaired) electrons. The van der Waals surface area contributed by atoms with Crippen molar-refractivity contribution in [2.24, 2.45) is 0 Å². The van der Waals surface area contributed by atoms with Crippen LogP contribution in [0.4, 0.5) is 5.69 Å². The first-order valence-electron chi connectivity index (χ1n) is 11.0. The van der Waals surface area contributed by atoms with E-state index in [0.29, 0.717) is 11.3 Å². The van der Waals surface area contributed by atoms with Gasteiger partial charge >= 0.3 is 0 Å². The molecule has 2 aliphatic rings. The van der Waals surface area contributed by atoms with Crippen LogP contribution in [0.15, 0.2) is 54.6 Å². The number of benzene rings is 3. The van der Waals surface area contributed by atoms with Gasteiger partial charge in [0.05, 0.1) is 12.7 Å². The Kier molecular flexibility index (Phi) is 5.17. The quantitative estimate of drug-likeness (QED) is 0.666. The largest absolute Gasteiger partial charge is 0.496 e. The second-order valence-electron chi connectivity index (χ2n) is 8.46. The van der Waals surface area contributed by atoms with Crippen LogP contribution in [0, 0.1) is 0 Å². The van der Waals surface area contributed by atoms with Crippen molar-refractivity contribution in [1.29, 1.82) is 0 Å². The summed E-state index contributed by atoms with van der Waals surface area (Å²) in [6.07, 6.45) is 6.23. The van der Waals surface area contributed by atoms with Gasteiger partial charge in [-0.15, -0.1) is 0 Å². The van der Waals surface area contributed by atoms with Gasteiger partial charge in [0.25, 0.3) is 5.91 Å². The zero-order valence-electron chi connectivity index (χ0n) is 17.5. The van der Waals surface area contributed by atoms with Crippen LogP contribution in [0.25, 0.3) is 10.8 Å². The molecule has 4 heteroatoms. The first-order valence-corrected chi connectivity index (χ1v) is 11.0. The Hall–Kier alpha value is -2.85. The summed E-state index contributed by atoms with van der Waals surface area (Å²) in [5.74, 6) is 0.458. The summed E-state index contributed by atoms with van der Waals surface area (Å²) < 4.78 is 5.50. The van der Waals surface area contributed by atoms with Crippen molar-refractivity contribution in [1.82, 2.24) is 4.90 Å². The minimum atomic E-state index is -0.137. The number of carbonyl (C=O) groups excluding carboxylic acids is 1. The van der Waals surface area contributed by atoms with E-state index in [1.807, 2.05) is 42.5 Å². The fourth-order valence-corrected chi connectivity index (χ4v) is 4.70. The molecule has 0 saturated heterocycles. The summed E-state index contributed by atoms with van der Waals surface area (Å²) in [4.78, 5) is 15.7. The lowest BCUT2D eigenvalue weighted by Crippen LogP contribution is -2.41. The summed E-state index contributed by atoms with van der Waals surface area (Å²) in [5, 5.41) is 5.18. The van der Waals surface area contributed by atoms with Crippen LogP contribution >= 0.6 is 0 Å². The fourth-order valence-electron chi connectivity index (χ4n) is 4.70. The number of methoxy groups -OCH3 is 1. The monoisotopic (exact) mass is 400 g/mol. The maximum Gasteiger partial charge on any atom is 0.259 e. The van der Waals surface area contributed by atoms with Gasteiger partial charge in [0.2, 0.25) is 0 Å². The fraction of sp³-hybridized carbons (Fsp3) is 0.346. The third-order valence-electron chi connectivity index (χ3n) is 6.70. The molecule has 5 rings (SSSR count). The maximum atomic E-state index is 13.1. The molecule has 3 aromatic carbocycles. The number of hydrogen-bond donors (Lipinski definition) is 1. The van der Waals surface area contributed by atoms with Crippen molar-refractivity contribution in [3.05, 3.63) is 71.3 Å². The number of hydrogen-bond acceptors (Lipinski definition) is 3. The number of amides is 1. The van der Waals surface area contributed by atoms with Gasteiger partial charge in [-0.25, -0.2) is 0 Å². The number of fused-ring (bicyclic) bond motifs is 2. The van der Waals surface area contributed by atoms with Crippen molar-refractivity contribution in [3.8, 4) is 5.75 Å². The third kappa shape index (κ3) is 3.68. The zero-order valence-corrected chi connectivity index (χ0v) is 17.5. The molecule has 1 N–H and O–H groups in total. The molecule has 1 fully saturated rings. The third-order valence-corrected chi connectivity index (χ3v) is 6.70. The molecule has 1 heterocycles. The molecule has 1 aliphatic carbocycles. The summed E-state index contributed by atoms with van der Waals surface area (Å²) in [6, 6.07) is 19.0. The number of nitrogens with one attached hydrogen (secondary N) is 1. The average Bonchev–Trinajstić information content (AvgIpc) is 2.94. The first kappa shape index (κ1) is 19.1. The number of rotatable bonds is 4. The van der Waals surface area contributed by atoms with Gasteiger partial charge in [0.15, 0.2) is 0 Å². The highest BCUT2D eigenvalue weighted by atomic mass is 16.5. The minimum Gasteiger partial charge on any atom is -0.496 e. The Morgan fingerprint density at radius 3 is 2.40 bits per heavy atom. The molecular weight excluding hydrogens is 372 g/mol. The molecular formula is C26H28N2O2. The summed E-state index contributed by atoms with van der Waals surface area (Å²) in [6.45, 7) is 2.27. The molecule has 0 unspecified atom stereocenters. The second-order valence-corrected chi connectivity index (χ2v) is 8.46. The summed E-state index contributed by atoms with van der Waals surface area (Å²) >= 11 is 0. The Morgan fingerprint density at radius 2 is 1.70 bits per heavy atom. The van der Waals surface area contributed by atoms with Crippen molar-refractivity contribution >= 4 is 22.4 Å². The Morgan fingerprint density at radius 1 is 0.967 bits per heavy atom. The highest BCUT2D eigenvalue weighted by Gasteiger charge is 2.26. The molecule has 1 amide bonds. The van der Waals surface area contributed by atoms with E-state index in [-0.39, 0.29) is 5.91 Å². The van der Waals surface area contributed by atoms with Crippen LogP contribution in [0.2, 0.25) is 0 Å². The molecule has 4 nitrogen and oxygen atoms in total. The van der Waals surface area contributed by atoms with Gasteiger partial charge in [-0.3, -0.25) is 9.69 Å². The van der Waals surface area contributed by atoms with E-state index < -0.39 is 0 Å². The highest BCUT2D eigenvalue weighted by Crippen LogP contribution is 2.29. The number of nitrogens with zero attached hydrogens (tertiary/aromatic N) is 1. The zero-order chi connectivity index (χ0) is 20.5. The number of anilines is 1. The van der Waals surface area contributed by atoms with Crippen LogP contribution in [0.1, 0.15) is 40.7 Å². The molecule has 0 aromatic heterocycles. The van der Waals surface area contributed by atoms with Crippen LogP contribution in [0.5, 0.6) is 5.75 Å². The van der Waals surface area contributed by atoms with E-state index in [9.17, 15) is 4.79 Å². The predicted molar refractivity (Wildman–Crippen MR) is 122 cm³/mol. The second kappa shape index (κ2) is 8.11.